The van der Waals surface area contributed by atoms with E-state index in [4.69, 9.17) is 10.2 Å². The molecule has 0 aliphatic rings. The summed E-state index contributed by atoms with van der Waals surface area (Å²) in [5, 5.41) is 0. The molecular weight excluding hydrogens is 231 g/mol. The standard InChI is InChI=1S/C8H7FN2O2.Fe/c1-11-7-5(9)2-4(10)3-6(7)13-8(11)12;/h2-3H,10H2,1H3;. The van der Waals surface area contributed by atoms with Crippen molar-refractivity contribution in [3.63, 3.8) is 0 Å². The van der Waals surface area contributed by atoms with Crippen molar-refractivity contribution < 1.29 is 25.9 Å². The molecule has 2 rings (SSSR count). The molecule has 0 spiro atoms. The molecule has 0 fully saturated rings. The molecule has 2 N–H and O–H groups in total. The Kier molecular flexibility index (Phi) is 2.69. The van der Waals surface area contributed by atoms with Crippen LogP contribution in [0.4, 0.5) is 10.1 Å². The predicted octanol–water partition coefficient (Wildman–Crippen LogP) is 0.850. The molecular formula is C8H7FFeN2O2. The van der Waals surface area contributed by atoms with Crippen molar-refractivity contribution in [2.45, 2.75) is 0 Å². The molecule has 4 nitrogen and oxygen atoms in total. The monoisotopic (exact) mass is 238 g/mol. The van der Waals surface area contributed by atoms with Crippen LogP contribution in [0.25, 0.3) is 11.1 Å². The summed E-state index contributed by atoms with van der Waals surface area (Å²) in [7, 11) is 1.44. The van der Waals surface area contributed by atoms with Crippen LogP contribution in [0.2, 0.25) is 0 Å². The zero-order chi connectivity index (χ0) is 9.59. The average molecular weight is 238 g/mol. The number of aromatic nitrogens is 1. The van der Waals surface area contributed by atoms with E-state index in [1.54, 1.807) is 0 Å². The van der Waals surface area contributed by atoms with Gasteiger partial charge in [-0.05, 0) is 6.07 Å². The van der Waals surface area contributed by atoms with Crippen LogP contribution in [0.5, 0.6) is 0 Å². The van der Waals surface area contributed by atoms with E-state index in [9.17, 15) is 9.18 Å². The molecule has 0 radical (unpaired) electrons. The van der Waals surface area contributed by atoms with Gasteiger partial charge >= 0.3 is 5.76 Å². The Hall–Kier alpha value is -1.26. The number of oxazole rings is 1. The summed E-state index contributed by atoms with van der Waals surface area (Å²) in [5.74, 6) is -1.15. The van der Waals surface area contributed by atoms with E-state index in [2.05, 4.69) is 0 Å². The van der Waals surface area contributed by atoms with Crippen LogP contribution in [-0.4, -0.2) is 4.57 Å². The third-order valence-electron chi connectivity index (χ3n) is 1.86. The van der Waals surface area contributed by atoms with Crippen molar-refractivity contribution in [3.05, 3.63) is 28.5 Å². The van der Waals surface area contributed by atoms with Gasteiger partial charge in [-0.1, -0.05) is 0 Å². The van der Waals surface area contributed by atoms with Gasteiger partial charge in [-0.15, -0.1) is 0 Å². The predicted molar refractivity (Wildman–Crippen MR) is 45.8 cm³/mol. The van der Waals surface area contributed by atoms with Gasteiger partial charge in [-0.2, -0.15) is 0 Å². The average Bonchev–Trinajstić information content (AvgIpc) is 2.27. The number of hydrogen-bond acceptors (Lipinski definition) is 3. The molecule has 2 aromatic rings. The second-order valence-corrected chi connectivity index (χ2v) is 2.78. The first-order valence-corrected chi connectivity index (χ1v) is 3.64. The quantitative estimate of drug-likeness (QED) is 0.546. The second kappa shape index (κ2) is 3.47. The summed E-state index contributed by atoms with van der Waals surface area (Å²) < 4.78 is 19.1. The number of rotatable bonds is 0. The second-order valence-electron chi connectivity index (χ2n) is 2.78. The number of nitrogens with two attached hydrogens (primary N) is 1. The molecule has 0 atom stereocenters. The number of halogens is 1. The molecule has 0 aliphatic carbocycles. The van der Waals surface area contributed by atoms with Gasteiger partial charge in [0.2, 0.25) is 0 Å². The molecule has 0 aliphatic heterocycles. The van der Waals surface area contributed by atoms with Gasteiger partial charge in [-0.3, -0.25) is 4.57 Å². The van der Waals surface area contributed by atoms with Crippen molar-refractivity contribution in [2.24, 2.45) is 7.05 Å². The maximum absolute atomic E-state index is 13.2. The van der Waals surface area contributed by atoms with E-state index >= 15 is 0 Å². The summed E-state index contributed by atoms with van der Waals surface area (Å²) >= 11 is 0. The van der Waals surface area contributed by atoms with Gasteiger partial charge in [0.15, 0.2) is 11.4 Å². The van der Waals surface area contributed by atoms with Crippen molar-refractivity contribution in [3.8, 4) is 0 Å². The Morgan fingerprint density at radius 1 is 1.50 bits per heavy atom. The fraction of sp³-hybridized carbons (Fsp3) is 0.125. The topological polar surface area (TPSA) is 61.2 Å². The van der Waals surface area contributed by atoms with Gasteiger partial charge in [0.05, 0.1) is 0 Å². The number of nitrogen functional groups attached to an aromatic ring is 1. The van der Waals surface area contributed by atoms with Gasteiger partial charge in [0.1, 0.15) is 5.52 Å². The molecule has 0 unspecified atom stereocenters. The van der Waals surface area contributed by atoms with Crippen molar-refractivity contribution >= 4 is 16.8 Å². The number of fused-ring (bicyclic) bond motifs is 1. The molecule has 0 amide bonds. The first-order valence-electron chi connectivity index (χ1n) is 3.64. The van der Waals surface area contributed by atoms with E-state index in [1.165, 1.54) is 13.1 Å². The molecule has 0 saturated heterocycles. The van der Waals surface area contributed by atoms with E-state index in [1.807, 2.05) is 0 Å². The van der Waals surface area contributed by atoms with Crippen LogP contribution < -0.4 is 11.5 Å². The maximum atomic E-state index is 13.2. The van der Waals surface area contributed by atoms with E-state index in [0.717, 1.165) is 10.6 Å². The number of aryl methyl sites for hydroxylation is 1. The van der Waals surface area contributed by atoms with Crippen LogP contribution in [0, 0.1) is 5.82 Å². The summed E-state index contributed by atoms with van der Waals surface area (Å²) in [6.07, 6.45) is 0. The number of benzene rings is 1. The zero-order valence-corrected chi connectivity index (χ0v) is 8.33. The van der Waals surface area contributed by atoms with E-state index in [-0.39, 0.29) is 33.9 Å². The van der Waals surface area contributed by atoms with Crippen LogP contribution in [0.15, 0.2) is 21.3 Å². The Balaban J connectivity index is 0.000000980. The van der Waals surface area contributed by atoms with Crippen LogP contribution in [0.3, 0.4) is 0 Å². The number of anilines is 1. The normalized spacial score (nSPS) is 10.1. The largest absolute Gasteiger partial charge is 0.419 e. The van der Waals surface area contributed by atoms with Gasteiger partial charge in [0, 0.05) is 35.9 Å². The summed E-state index contributed by atoms with van der Waals surface area (Å²) in [4.78, 5) is 11.0. The molecule has 0 saturated carbocycles. The first-order chi connectivity index (χ1) is 6.09. The van der Waals surface area contributed by atoms with Crippen molar-refractivity contribution in [1.82, 2.24) is 4.57 Å². The minimum atomic E-state index is -0.598. The molecule has 76 valence electrons. The van der Waals surface area contributed by atoms with Gasteiger partial charge in [-0.25, -0.2) is 9.18 Å². The number of hydrogen-bond donors (Lipinski definition) is 1. The van der Waals surface area contributed by atoms with Crippen molar-refractivity contribution in [2.75, 3.05) is 5.73 Å². The fourth-order valence-corrected chi connectivity index (χ4v) is 1.25. The van der Waals surface area contributed by atoms with Crippen LogP contribution in [-0.2, 0) is 24.1 Å². The Bertz CT molecular complexity index is 532. The third-order valence-corrected chi connectivity index (χ3v) is 1.86. The Labute approximate surface area is 89.0 Å². The van der Waals surface area contributed by atoms with Gasteiger partial charge < -0.3 is 10.2 Å². The van der Waals surface area contributed by atoms with E-state index in [0.29, 0.717) is 0 Å². The van der Waals surface area contributed by atoms with E-state index < -0.39 is 11.6 Å². The molecule has 14 heavy (non-hydrogen) atoms. The first kappa shape index (κ1) is 10.8. The third kappa shape index (κ3) is 1.42. The molecule has 1 heterocycles. The summed E-state index contributed by atoms with van der Waals surface area (Å²) in [5.41, 5.74) is 5.92. The maximum Gasteiger partial charge on any atom is 0.419 e. The SMILES string of the molecule is Cn1c(=O)oc2cc(N)cc(F)c21.[Fe]. The zero-order valence-electron chi connectivity index (χ0n) is 7.23. The van der Waals surface area contributed by atoms with Gasteiger partial charge in [0.25, 0.3) is 0 Å². The summed E-state index contributed by atoms with van der Waals surface area (Å²) in [6, 6.07) is 2.57. The Morgan fingerprint density at radius 3 is 2.79 bits per heavy atom. The van der Waals surface area contributed by atoms with Crippen LogP contribution in [0.1, 0.15) is 0 Å². The molecule has 0 bridgehead atoms. The number of nitrogens with zero attached hydrogens (tertiary/aromatic N) is 1. The minimum Gasteiger partial charge on any atom is -0.408 e. The molecule has 6 heteroatoms. The van der Waals surface area contributed by atoms with Crippen molar-refractivity contribution in [1.29, 1.82) is 0 Å². The molecule has 1 aromatic heterocycles. The Morgan fingerprint density at radius 2 is 2.14 bits per heavy atom. The minimum absolute atomic E-state index is 0. The summed E-state index contributed by atoms with van der Waals surface area (Å²) in [6.45, 7) is 0. The smallest absolute Gasteiger partial charge is 0.408 e. The fourth-order valence-electron chi connectivity index (χ4n) is 1.25. The van der Waals surface area contributed by atoms with Crippen LogP contribution >= 0.6 is 0 Å². The molecule has 1 aromatic carbocycles.